The van der Waals surface area contributed by atoms with E-state index in [1.165, 1.54) is 18.4 Å². The number of hydrogen-bond donors (Lipinski definition) is 1. The van der Waals surface area contributed by atoms with Crippen LogP contribution in [0.4, 0.5) is 0 Å². The van der Waals surface area contributed by atoms with Gasteiger partial charge in [0.15, 0.2) is 5.96 Å². The van der Waals surface area contributed by atoms with Crippen LogP contribution in [0.15, 0.2) is 29.3 Å². The molecule has 5 nitrogen and oxygen atoms in total. The van der Waals surface area contributed by atoms with Gasteiger partial charge in [-0.05, 0) is 49.8 Å². The third-order valence-corrected chi connectivity index (χ3v) is 4.03. The first-order valence-corrected chi connectivity index (χ1v) is 8.94. The van der Waals surface area contributed by atoms with Crippen LogP contribution in [0.2, 0.25) is 0 Å². The number of rotatable bonds is 10. The first-order chi connectivity index (χ1) is 11.7. The van der Waals surface area contributed by atoms with E-state index in [9.17, 15) is 0 Å². The largest absolute Gasteiger partial charge is 0.494 e. The second-order valence-electron chi connectivity index (χ2n) is 6.28. The topological polar surface area (TPSA) is 46.1 Å². The normalized spacial score (nSPS) is 14.0. The maximum Gasteiger partial charge on any atom is 0.193 e. The van der Waals surface area contributed by atoms with E-state index >= 15 is 0 Å². The second kappa shape index (κ2) is 12.4. The lowest BCUT2D eigenvalue weighted by atomic mass is 10.2. The van der Waals surface area contributed by atoms with Gasteiger partial charge < -0.3 is 19.7 Å². The molecule has 1 aliphatic rings. The van der Waals surface area contributed by atoms with Crippen molar-refractivity contribution in [1.29, 1.82) is 0 Å². The number of hydrogen-bond acceptors (Lipinski definition) is 3. The van der Waals surface area contributed by atoms with E-state index in [1.807, 2.05) is 26.1 Å². The summed E-state index contributed by atoms with van der Waals surface area (Å²) in [7, 11) is 3.87. The minimum atomic E-state index is 0. The standard InChI is InChI=1S/C19H31N3O2.HI/c1-4-24-18-10-8-16(9-11-18)14-22(3)19(20-2)21-12-5-13-23-15-17-6-7-17;/h8-11,17H,4-7,12-15H2,1-3H3,(H,20,21);1H. The fourth-order valence-electron chi connectivity index (χ4n) is 2.50. The molecule has 25 heavy (non-hydrogen) atoms. The molecule has 1 saturated carbocycles. The van der Waals surface area contributed by atoms with Crippen LogP contribution in [-0.2, 0) is 11.3 Å². The quantitative estimate of drug-likeness (QED) is 0.251. The predicted molar refractivity (Wildman–Crippen MR) is 114 cm³/mol. The van der Waals surface area contributed by atoms with E-state index in [0.29, 0.717) is 6.61 Å². The van der Waals surface area contributed by atoms with Gasteiger partial charge in [0.2, 0.25) is 0 Å². The van der Waals surface area contributed by atoms with Crippen molar-refractivity contribution in [2.75, 3.05) is 40.5 Å². The summed E-state index contributed by atoms with van der Waals surface area (Å²) in [4.78, 5) is 6.48. The average molecular weight is 461 g/mol. The van der Waals surface area contributed by atoms with Gasteiger partial charge in [0, 0.05) is 40.4 Å². The first-order valence-electron chi connectivity index (χ1n) is 8.94. The Hall–Kier alpha value is -1.02. The smallest absolute Gasteiger partial charge is 0.193 e. The average Bonchev–Trinajstić information content (AvgIpc) is 3.40. The van der Waals surface area contributed by atoms with Crippen molar-refractivity contribution in [1.82, 2.24) is 10.2 Å². The van der Waals surface area contributed by atoms with Crippen LogP contribution < -0.4 is 10.1 Å². The summed E-state index contributed by atoms with van der Waals surface area (Å²) < 4.78 is 11.1. The molecule has 1 fully saturated rings. The van der Waals surface area contributed by atoms with Crippen molar-refractivity contribution in [2.45, 2.75) is 32.7 Å². The zero-order valence-electron chi connectivity index (χ0n) is 15.7. The lowest BCUT2D eigenvalue weighted by molar-refractivity contribution is 0.122. The molecule has 0 atom stereocenters. The van der Waals surface area contributed by atoms with Crippen molar-refractivity contribution < 1.29 is 9.47 Å². The summed E-state index contributed by atoms with van der Waals surface area (Å²) in [5.74, 6) is 2.66. The SMILES string of the molecule is CCOc1ccc(CN(C)C(=NC)NCCCOCC2CC2)cc1.I. The van der Waals surface area contributed by atoms with Gasteiger partial charge in [-0.3, -0.25) is 4.99 Å². The number of nitrogens with one attached hydrogen (secondary N) is 1. The van der Waals surface area contributed by atoms with Crippen molar-refractivity contribution in [2.24, 2.45) is 10.9 Å². The van der Waals surface area contributed by atoms with E-state index < -0.39 is 0 Å². The Balaban J connectivity index is 0.00000312. The molecule has 2 rings (SSSR count). The summed E-state index contributed by atoms with van der Waals surface area (Å²) in [5.41, 5.74) is 1.23. The molecular formula is C19H32IN3O2. The molecule has 6 heteroatoms. The van der Waals surface area contributed by atoms with Crippen LogP contribution in [0.5, 0.6) is 5.75 Å². The van der Waals surface area contributed by atoms with Gasteiger partial charge in [-0.2, -0.15) is 0 Å². The van der Waals surface area contributed by atoms with Gasteiger partial charge in [-0.1, -0.05) is 12.1 Å². The molecule has 1 aliphatic carbocycles. The molecule has 0 spiro atoms. The number of benzene rings is 1. The number of halogens is 1. The van der Waals surface area contributed by atoms with Crippen molar-refractivity contribution in [3.63, 3.8) is 0 Å². The Morgan fingerprint density at radius 2 is 2.00 bits per heavy atom. The Morgan fingerprint density at radius 3 is 2.60 bits per heavy atom. The third-order valence-electron chi connectivity index (χ3n) is 4.03. The fraction of sp³-hybridized carbons (Fsp3) is 0.632. The molecule has 0 unspecified atom stereocenters. The van der Waals surface area contributed by atoms with E-state index in [-0.39, 0.29) is 24.0 Å². The molecule has 0 amide bonds. The highest BCUT2D eigenvalue weighted by atomic mass is 127. The van der Waals surface area contributed by atoms with Crippen molar-refractivity contribution in [3.8, 4) is 5.75 Å². The Labute approximate surface area is 169 Å². The van der Waals surface area contributed by atoms with E-state index in [4.69, 9.17) is 9.47 Å². The fourth-order valence-corrected chi connectivity index (χ4v) is 2.50. The summed E-state index contributed by atoms with van der Waals surface area (Å²) >= 11 is 0. The summed E-state index contributed by atoms with van der Waals surface area (Å²) in [5, 5.41) is 3.40. The van der Waals surface area contributed by atoms with E-state index in [0.717, 1.165) is 50.4 Å². The number of aliphatic imine (C=N–C) groups is 1. The maximum absolute atomic E-state index is 5.65. The molecule has 0 aromatic heterocycles. The van der Waals surface area contributed by atoms with Gasteiger partial charge in [-0.25, -0.2) is 0 Å². The predicted octanol–water partition coefficient (Wildman–Crippen LogP) is 3.53. The monoisotopic (exact) mass is 461 g/mol. The Bertz CT molecular complexity index is 504. The molecule has 0 aliphatic heterocycles. The van der Waals surface area contributed by atoms with E-state index in [2.05, 4.69) is 34.4 Å². The molecule has 1 N–H and O–H groups in total. The van der Waals surface area contributed by atoms with Crippen LogP contribution in [0, 0.1) is 5.92 Å². The molecular weight excluding hydrogens is 429 g/mol. The van der Waals surface area contributed by atoms with Gasteiger partial charge in [0.1, 0.15) is 5.75 Å². The van der Waals surface area contributed by atoms with Crippen LogP contribution in [0.1, 0.15) is 31.7 Å². The van der Waals surface area contributed by atoms with Crippen LogP contribution >= 0.6 is 24.0 Å². The van der Waals surface area contributed by atoms with E-state index in [1.54, 1.807) is 0 Å². The summed E-state index contributed by atoms with van der Waals surface area (Å²) in [6, 6.07) is 8.22. The highest BCUT2D eigenvalue weighted by molar-refractivity contribution is 14.0. The number of guanidine groups is 1. The highest BCUT2D eigenvalue weighted by Gasteiger charge is 2.20. The van der Waals surface area contributed by atoms with Gasteiger partial charge in [0.05, 0.1) is 6.61 Å². The van der Waals surface area contributed by atoms with Gasteiger partial charge in [-0.15, -0.1) is 24.0 Å². The molecule has 1 aromatic rings. The number of nitrogens with zero attached hydrogens (tertiary/aromatic N) is 2. The first kappa shape index (κ1) is 22.0. The Morgan fingerprint density at radius 1 is 1.28 bits per heavy atom. The van der Waals surface area contributed by atoms with Crippen LogP contribution in [0.3, 0.4) is 0 Å². The lowest BCUT2D eigenvalue weighted by Crippen LogP contribution is -2.39. The van der Waals surface area contributed by atoms with Crippen LogP contribution in [0.25, 0.3) is 0 Å². The molecule has 0 bridgehead atoms. The molecule has 142 valence electrons. The minimum Gasteiger partial charge on any atom is -0.494 e. The van der Waals surface area contributed by atoms with Crippen molar-refractivity contribution >= 4 is 29.9 Å². The Kier molecular flexibility index (Phi) is 10.9. The highest BCUT2D eigenvalue weighted by Crippen LogP contribution is 2.28. The number of ether oxygens (including phenoxy) is 2. The molecule has 0 saturated heterocycles. The zero-order valence-corrected chi connectivity index (χ0v) is 18.0. The molecule has 0 radical (unpaired) electrons. The minimum absolute atomic E-state index is 0. The third kappa shape index (κ3) is 8.76. The second-order valence-corrected chi connectivity index (χ2v) is 6.28. The molecule has 0 heterocycles. The molecule has 1 aromatic carbocycles. The van der Waals surface area contributed by atoms with Gasteiger partial charge >= 0.3 is 0 Å². The maximum atomic E-state index is 5.65. The lowest BCUT2D eigenvalue weighted by Gasteiger charge is -2.22. The van der Waals surface area contributed by atoms with Gasteiger partial charge in [0.25, 0.3) is 0 Å². The summed E-state index contributed by atoms with van der Waals surface area (Å²) in [6.07, 6.45) is 3.70. The van der Waals surface area contributed by atoms with Crippen LogP contribution in [-0.4, -0.2) is 51.3 Å². The zero-order chi connectivity index (χ0) is 17.2. The van der Waals surface area contributed by atoms with Crippen molar-refractivity contribution in [3.05, 3.63) is 29.8 Å². The summed E-state index contributed by atoms with van der Waals surface area (Å²) in [6.45, 7) is 6.14.